The summed E-state index contributed by atoms with van der Waals surface area (Å²) in [5.74, 6) is 1.40. The molecule has 1 fully saturated rings. The molecular formula is C25H30IN5O2. The number of nitrogens with one attached hydrogen (secondary N) is 2. The van der Waals surface area contributed by atoms with E-state index in [-0.39, 0.29) is 29.9 Å². The molecule has 1 amide bonds. The molecule has 0 radical (unpaired) electrons. The number of likely N-dealkylation sites (tertiary alicyclic amines) is 1. The Hall–Kier alpha value is -2.88. The Labute approximate surface area is 211 Å². The normalized spacial score (nSPS) is 13.8. The lowest BCUT2D eigenvalue weighted by Crippen LogP contribution is -2.36. The van der Waals surface area contributed by atoms with Crippen LogP contribution in [0.4, 0.5) is 0 Å². The minimum atomic E-state index is 0. The third-order valence-electron chi connectivity index (χ3n) is 5.54. The predicted octanol–water partition coefficient (Wildman–Crippen LogP) is 4.45. The number of hydrogen-bond acceptors (Lipinski definition) is 4. The van der Waals surface area contributed by atoms with Gasteiger partial charge < -0.3 is 20.0 Å². The monoisotopic (exact) mass is 559 g/mol. The summed E-state index contributed by atoms with van der Waals surface area (Å²) < 4.78 is 5.58. The van der Waals surface area contributed by atoms with Gasteiger partial charge in [0.15, 0.2) is 5.96 Å². The highest BCUT2D eigenvalue weighted by molar-refractivity contribution is 14.0. The van der Waals surface area contributed by atoms with Gasteiger partial charge in [-0.2, -0.15) is 0 Å². The highest BCUT2D eigenvalue weighted by Gasteiger charge is 2.17. The highest BCUT2D eigenvalue weighted by atomic mass is 127. The quantitative estimate of drug-likeness (QED) is 0.265. The molecule has 7 nitrogen and oxygen atoms in total. The molecule has 3 aromatic rings. The summed E-state index contributed by atoms with van der Waals surface area (Å²) in [6.45, 7) is 2.83. The number of carbonyl (C=O) groups is 1. The van der Waals surface area contributed by atoms with Crippen molar-refractivity contribution >= 4 is 35.8 Å². The molecule has 0 bridgehead atoms. The average molecular weight is 559 g/mol. The SMILES string of the molecule is CN=C(NCc1ccc(C(=O)N2CCCCC2)cc1)NCc1coc(-c2ccccc2)n1.I. The van der Waals surface area contributed by atoms with Crippen molar-refractivity contribution in [3.8, 4) is 11.5 Å². The molecule has 8 heteroatoms. The van der Waals surface area contributed by atoms with Gasteiger partial charge in [-0.15, -0.1) is 24.0 Å². The molecule has 0 saturated carbocycles. The topological polar surface area (TPSA) is 82.8 Å². The van der Waals surface area contributed by atoms with Crippen LogP contribution in [0.1, 0.15) is 40.9 Å². The van der Waals surface area contributed by atoms with E-state index >= 15 is 0 Å². The summed E-state index contributed by atoms with van der Waals surface area (Å²) in [5, 5.41) is 6.54. The van der Waals surface area contributed by atoms with Gasteiger partial charge in [-0.3, -0.25) is 9.79 Å². The fourth-order valence-electron chi connectivity index (χ4n) is 3.73. The van der Waals surface area contributed by atoms with Crippen LogP contribution in [-0.2, 0) is 13.1 Å². The van der Waals surface area contributed by atoms with Crippen molar-refractivity contribution in [3.63, 3.8) is 0 Å². The second kappa shape index (κ2) is 12.4. The number of oxazole rings is 1. The largest absolute Gasteiger partial charge is 0.444 e. The van der Waals surface area contributed by atoms with E-state index in [1.54, 1.807) is 13.3 Å². The van der Waals surface area contributed by atoms with Crippen LogP contribution in [-0.4, -0.2) is 41.9 Å². The second-order valence-electron chi connectivity index (χ2n) is 7.84. The van der Waals surface area contributed by atoms with Crippen LogP contribution < -0.4 is 10.6 Å². The van der Waals surface area contributed by atoms with Crippen molar-refractivity contribution in [3.05, 3.63) is 77.7 Å². The average Bonchev–Trinajstić information content (AvgIpc) is 3.34. The number of nitrogens with zero attached hydrogens (tertiary/aromatic N) is 3. The van der Waals surface area contributed by atoms with Gasteiger partial charge in [-0.1, -0.05) is 30.3 Å². The second-order valence-corrected chi connectivity index (χ2v) is 7.84. The maximum Gasteiger partial charge on any atom is 0.253 e. The predicted molar refractivity (Wildman–Crippen MR) is 141 cm³/mol. The Morgan fingerprint density at radius 3 is 2.39 bits per heavy atom. The number of aromatic nitrogens is 1. The van der Waals surface area contributed by atoms with E-state index in [9.17, 15) is 4.79 Å². The van der Waals surface area contributed by atoms with Crippen LogP contribution in [0.5, 0.6) is 0 Å². The Bertz CT molecular complexity index is 1040. The van der Waals surface area contributed by atoms with E-state index in [0.717, 1.165) is 48.3 Å². The van der Waals surface area contributed by atoms with Crippen molar-refractivity contribution in [2.24, 2.45) is 4.99 Å². The number of hydrogen-bond donors (Lipinski definition) is 2. The summed E-state index contributed by atoms with van der Waals surface area (Å²) in [7, 11) is 1.73. The standard InChI is InChI=1S/C25H29N5O2.HI/c1-26-25(28-17-22-18-32-23(29-22)20-8-4-2-5-9-20)27-16-19-10-12-21(13-11-19)24(31)30-14-6-3-7-15-30;/h2,4-5,8-13,18H,3,6-7,14-17H2,1H3,(H2,26,27,28);1H. The first-order valence-corrected chi connectivity index (χ1v) is 11.1. The molecular weight excluding hydrogens is 529 g/mol. The number of amides is 1. The Morgan fingerprint density at radius 2 is 1.70 bits per heavy atom. The molecule has 2 aromatic carbocycles. The van der Waals surface area contributed by atoms with Gasteiger partial charge in [0.2, 0.25) is 5.89 Å². The Balaban J connectivity index is 0.00000306. The molecule has 1 aliphatic rings. The lowest BCUT2D eigenvalue weighted by molar-refractivity contribution is 0.0724. The molecule has 1 aliphatic heterocycles. The van der Waals surface area contributed by atoms with Crippen LogP contribution >= 0.6 is 24.0 Å². The third kappa shape index (κ3) is 6.80. The fraction of sp³-hybridized carbons (Fsp3) is 0.320. The Morgan fingerprint density at radius 1 is 1.00 bits per heavy atom. The van der Waals surface area contributed by atoms with E-state index < -0.39 is 0 Å². The molecule has 0 atom stereocenters. The summed E-state index contributed by atoms with van der Waals surface area (Å²) in [6, 6.07) is 17.6. The zero-order valence-corrected chi connectivity index (χ0v) is 21.1. The zero-order valence-electron chi connectivity index (χ0n) is 18.8. The number of aliphatic imine (C=N–C) groups is 1. The number of piperidine rings is 1. The fourth-order valence-corrected chi connectivity index (χ4v) is 3.73. The van der Waals surface area contributed by atoms with E-state index in [0.29, 0.717) is 24.9 Å². The maximum atomic E-state index is 12.6. The van der Waals surface area contributed by atoms with E-state index in [2.05, 4.69) is 20.6 Å². The van der Waals surface area contributed by atoms with Crippen LogP contribution in [0.2, 0.25) is 0 Å². The summed E-state index contributed by atoms with van der Waals surface area (Å²) >= 11 is 0. The van der Waals surface area contributed by atoms with Gasteiger partial charge in [0.05, 0.1) is 12.2 Å². The molecule has 174 valence electrons. The highest BCUT2D eigenvalue weighted by Crippen LogP contribution is 2.18. The van der Waals surface area contributed by atoms with Crippen molar-refractivity contribution in [2.45, 2.75) is 32.4 Å². The van der Waals surface area contributed by atoms with Crippen molar-refractivity contribution < 1.29 is 9.21 Å². The first kappa shape index (κ1) is 24.8. The molecule has 33 heavy (non-hydrogen) atoms. The van der Waals surface area contributed by atoms with Gasteiger partial charge in [0, 0.05) is 37.8 Å². The number of halogens is 1. The first-order chi connectivity index (χ1) is 15.7. The zero-order chi connectivity index (χ0) is 22.2. The molecule has 2 heterocycles. The van der Waals surface area contributed by atoms with Crippen molar-refractivity contribution in [2.75, 3.05) is 20.1 Å². The van der Waals surface area contributed by atoms with Gasteiger partial charge in [-0.25, -0.2) is 4.98 Å². The molecule has 0 unspecified atom stereocenters. The molecule has 0 aliphatic carbocycles. The lowest BCUT2D eigenvalue weighted by atomic mass is 10.1. The van der Waals surface area contributed by atoms with Crippen LogP contribution in [0.3, 0.4) is 0 Å². The summed E-state index contributed by atoms with van der Waals surface area (Å²) in [4.78, 5) is 23.3. The van der Waals surface area contributed by atoms with E-state index in [4.69, 9.17) is 4.42 Å². The molecule has 0 spiro atoms. The molecule has 4 rings (SSSR count). The minimum absolute atomic E-state index is 0. The van der Waals surface area contributed by atoms with Crippen LogP contribution in [0.15, 0.2) is 70.3 Å². The first-order valence-electron chi connectivity index (χ1n) is 11.1. The maximum absolute atomic E-state index is 12.6. The van der Waals surface area contributed by atoms with E-state index in [1.807, 2.05) is 59.5 Å². The Kier molecular flexibility index (Phi) is 9.29. The minimum Gasteiger partial charge on any atom is -0.444 e. The number of rotatable bonds is 6. The third-order valence-corrected chi connectivity index (χ3v) is 5.54. The van der Waals surface area contributed by atoms with Gasteiger partial charge in [0.25, 0.3) is 5.91 Å². The number of benzene rings is 2. The summed E-state index contributed by atoms with van der Waals surface area (Å²) in [5.41, 5.74) is 3.57. The van der Waals surface area contributed by atoms with Crippen molar-refractivity contribution in [1.82, 2.24) is 20.5 Å². The number of guanidine groups is 1. The van der Waals surface area contributed by atoms with Crippen molar-refractivity contribution in [1.29, 1.82) is 0 Å². The molecule has 2 N–H and O–H groups in total. The van der Waals surface area contributed by atoms with Gasteiger partial charge >= 0.3 is 0 Å². The van der Waals surface area contributed by atoms with E-state index in [1.165, 1.54) is 6.42 Å². The number of carbonyl (C=O) groups excluding carboxylic acids is 1. The van der Waals surface area contributed by atoms with Gasteiger partial charge in [-0.05, 0) is 49.1 Å². The van der Waals surface area contributed by atoms with Crippen LogP contribution in [0.25, 0.3) is 11.5 Å². The van der Waals surface area contributed by atoms with Gasteiger partial charge in [0.1, 0.15) is 6.26 Å². The molecule has 1 saturated heterocycles. The lowest BCUT2D eigenvalue weighted by Gasteiger charge is -2.26. The molecule has 1 aromatic heterocycles. The smallest absolute Gasteiger partial charge is 0.253 e. The van der Waals surface area contributed by atoms with Crippen LogP contribution in [0, 0.1) is 0 Å². The summed E-state index contributed by atoms with van der Waals surface area (Å²) in [6.07, 6.45) is 5.07.